The van der Waals surface area contributed by atoms with Gasteiger partial charge in [0.05, 0.1) is 17.0 Å². The molecule has 9 nitrogen and oxygen atoms in total. The fraction of sp³-hybridized carbons (Fsp3) is 0.333. The zero-order valence-electron chi connectivity index (χ0n) is 19.7. The minimum atomic E-state index is -4.54. The lowest BCUT2D eigenvalue weighted by atomic mass is 9.97. The predicted molar refractivity (Wildman–Crippen MR) is 128 cm³/mol. The molecule has 1 N–H and O–H groups in total. The van der Waals surface area contributed by atoms with Crippen LogP contribution in [0.4, 0.5) is 13.2 Å². The quantitative estimate of drug-likeness (QED) is 0.421. The Morgan fingerprint density at radius 1 is 1.03 bits per heavy atom. The summed E-state index contributed by atoms with van der Waals surface area (Å²) in [6.07, 6.45) is -3.78. The third-order valence-electron chi connectivity index (χ3n) is 6.50. The Bertz CT molecular complexity index is 1590. The molecule has 0 radical (unpaired) electrons. The Morgan fingerprint density at radius 2 is 1.68 bits per heavy atom. The molecule has 2 aromatic heterocycles. The number of rotatable bonds is 5. The third-order valence-corrected chi connectivity index (χ3v) is 8.42. The van der Waals surface area contributed by atoms with Crippen LogP contribution < -0.4 is 5.56 Å². The molecule has 194 valence electrons. The van der Waals surface area contributed by atoms with E-state index in [9.17, 15) is 26.4 Å². The van der Waals surface area contributed by atoms with E-state index in [1.165, 1.54) is 4.31 Å². The maximum absolute atomic E-state index is 13.0. The van der Waals surface area contributed by atoms with Crippen molar-refractivity contribution in [1.29, 1.82) is 0 Å². The van der Waals surface area contributed by atoms with Crippen molar-refractivity contribution >= 4 is 21.2 Å². The molecule has 0 unspecified atom stereocenters. The number of aromatic nitrogens is 5. The highest BCUT2D eigenvalue weighted by Crippen LogP contribution is 2.32. The molecule has 3 heterocycles. The molecule has 1 aliphatic heterocycles. The van der Waals surface area contributed by atoms with Gasteiger partial charge in [-0.2, -0.15) is 17.5 Å². The minimum Gasteiger partial charge on any atom is -0.308 e. The van der Waals surface area contributed by atoms with Gasteiger partial charge in [0.1, 0.15) is 5.82 Å². The zero-order valence-corrected chi connectivity index (χ0v) is 20.6. The van der Waals surface area contributed by atoms with Crippen LogP contribution in [0.3, 0.4) is 0 Å². The van der Waals surface area contributed by atoms with E-state index in [1.807, 2.05) is 31.2 Å². The molecule has 5 rings (SSSR count). The summed E-state index contributed by atoms with van der Waals surface area (Å²) in [5, 5.41) is 8.05. The molecule has 0 saturated carbocycles. The maximum Gasteiger partial charge on any atom is 0.416 e. The van der Waals surface area contributed by atoms with Gasteiger partial charge in [-0.3, -0.25) is 4.79 Å². The average molecular weight is 533 g/mol. The van der Waals surface area contributed by atoms with Crippen molar-refractivity contribution in [3.8, 4) is 0 Å². The molecular formula is C24H23F3N6O3S. The van der Waals surface area contributed by atoms with Crippen molar-refractivity contribution < 1.29 is 21.6 Å². The third kappa shape index (κ3) is 5.01. The normalized spacial score (nSPS) is 15.9. The van der Waals surface area contributed by atoms with Gasteiger partial charge in [0, 0.05) is 19.0 Å². The number of aryl methyl sites for hydroxylation is 1. The first-order valence-corrected chi connectivity index (χ1v) is 13.0. The number of hydrogen-bond acceptors (Lipinski definition) is 6. The molecule has 0 atom stereocenters. The number of fused-ring (bicyclic) bond motifs is 1. The summed E-state index contributed by atoms with van der Waals surface area (Å²) < 4.78 is 67.2. The lowest BCUT2D eigenvalue weighted by molar-refractivity contribution is -0.137. The van der Waals surface area contributed by atoms with E-state index in [-0.39, 0.29) is 29.4 Å². The summed E-state index contributed by atoms with van der Waals surface area (Å²) >= 11 is 0. The number of benzene rings is 2. The number of aromatic amines is 1. The van der Waals surface area contributed by atoms with Crippen molar-refractivity contribution in [3.63, 3.8) is 0 Å². The van der Waals surface area contributed by atoms with Crippen molar-refractivity contribution in [2.45, 2.75) is 43.3 Å². The number of hydrogen-bond donors (Lipinski definition) is 1. The van der Waals surface area contributed by atoms with Gasteiger partial charge in [-0.25, -0.2) is 18.1 Å². The first kappa shape index (κ1) is 25.1. The fourth-order valence-corrected chi connectivity index (χ4v) is 5.85. The van der Waals surface area contributed by atoms with Gasteiger partial charge >= 0.3 is 6.18 Å². The largest absolute Gasteiger partial charge is 0.416 e. The molecule has 1 saturated heterocycles. The Morgan fingerprint density at radius 3 is 2.30 bits per heavy atom. The number of piperidine rings is 1. The summed E-state index contributed by atoms with van der Waals surface area (Å²) in [4.78, 5) is 19.8. The molecule has 37 heavy (non-hydrogen) atoms. The molecular weight excluding hydrogens is 509 g/mol. The summed E-state index contributed by atoms with van der Waals surface area (Å²) in [6.45, 7) is 2.64. The van der Waals surface area contributed by atoms with Gasteiger partial charge in [-0.1, -0.05) is 35.0 Å². The van der Waals surface area contributed by atoms with E-state index in [0.717, 1.165) is 35.4 Å². The molecule has 0 bridgehead atoms. The number of sulfonamides is 1. The Balaban J connectivity index is 1.33. The van der Waals surface area contributed by atoms with Crippen LogP contribution in [0.15, 0.2) is 58.2 Å². The standard InChI is InChI=1S/C24H23F3N6O3S/c1-15-2-4-16(5-3-15)14-33-22-20(30-31-33)23(34)29-21(28-22)17-10-12-32(13-11-17)37(35,36)19-8-6-18(7-9-19)24(25,26)27/h2-9,17H,10-14H2,1H3,(H,28,29,34). The number of alkyl halides is 3. The Kier molecular flexibility index (Phi) is 6.36. The topological polar surface area (TPSA) is 114 Å². The van der Waals surface area contributed by atoms with Gasteiger partial charge in [-0.15, -0.1) is 5.10 Å². The molecule has 0 aliphatic carbocycles. The average Bonchev–Trinajstić information content (AvgIpc) is 3.28. The van der Waals surface area contributed by atoms with Gasteiger partial charge in [0.2, 0.25) is 10.0 Å². The molecule has 2 aromatic carbocycles. The van der Waals surface area contributed by atoms with Crippen LogP contribution in [0.1, 0.15) is 41.3 Å². The summed E-state index contributed by atoms with van der Waals surface area (Å²) in [5.41, 5.74) is 1.23. The predicted octanol–water partition coefficient (Wildman–Crippen LogP) is 3.46. The Hall–Kier alpha value is -3.58. The van der Waals surface area contributed by atoms with Crippen LogP contribution in [0.25, 0.3) is 11.2 Å². The van der Waals surface area contributed by atoms with Crippen LogP contribution in [-0.2, 0) is 22.7 Å². The number of H-pyrrole nitrogens is 1. The lowest BCUT2D eigenvalue weighted by Crippen LogP contribution is -2.38. The maximum atomic E-state index is 13.0. The summed E-state index contributed by atoms with van der Waals surface area (Å²) in [6, 6.07) is 11.3. The van der Waals surface area contributed by atoms with Crippen molar-refractivity contribution in [2.24, 2.45) is 0 Å². The van der Waals surface area contributed by atoms with Crippen LogP contribution in [-0.4, -0.2) is 50.8 Å². The van der Waals surface area contributed by atoms with Gasteiger partial charge in [-0.05, 0) is 49.6 Å². The SMILES string of the molecule is Cc1ccc(Cn2nnc3c(=O)[nH]c(C4CCN(S(=O)(=O)c5ccc(C(F)(F)F)cc5)CC4)nc32)cc1. The van der Waals surface area contributed by atoms with Crippen molar-refractivity contribution in [2.75, 3.05) is 13.1 Å². The smallest absolute Gasteiger partial charge is 0.308 e. The van der Waals surface area contributed by atoms with Crippen LogP contribution in [0.5, 0.6) is 0 Å². The number of nitrogens with zero attached hydrogens (tertiary/aromatic N) is 5. The highest BCUT2D eigenvalue weighted by molar-refractivity contribution is 7.89. The number of nitrogens with one attached hydrogen (secondary N) is 1. The Labute approximate surface area is 210 Å². The monoisotopic (exact) mass is 532 g/mol. The highest BCUT2D eigenvalue weighted by atomic mass is 32.2. The van der Waals surface area contributed by atoms with E-state index in [0.29, 0.717) is 30.9 Å². The molecule has 4 aromatic rings. The van der Waals surface area contributed by atoms with Crippen molar-refractivity contribution in [3.05, 3.63) is 81.4 Å². The molecule has 1 fully saturated rings. The lowest BCUT2D eigenvalue weighted by Gasteiger charge is -2.30. The van der Waals surface area contributed by atoms with E-state index in [4.69, 9.17) is 0 Å². The van der Waals surface area contributed by atoms with Gasteiger partial charge < -0.3 is 4.98 Å². The van der Waals surface area contributed by atoms with Gasteiger partial charge in [0.15, 0.2) is 11.2 Å². The van der Waals surface area contributed by atoms with Gasteiger partial charge in [0.25, 0.3) is 5.56 Å². The summed E-state index contributed by atoms with van der Waals surface area (Å²) in [5.74, 6) is 0.218. The first-order chi connectivity index (χ1) is 17.5. The second-order valence-corrected chi connectivity index (χ2v) is 11.0. The summed E-state index contributed by atoms with van der Waals surface area (Å²) in [7, 11) is -3.96. The van der Waals surface area contributed by atoms with E-state index < -0.39 is 27.3 Å². The van der Waals surface area contributed by atoms with Crippen LogP contribution >= 0.6 is 0 Å². The van der Waals surface area contributed by atoms with E-state index in [2.05, 4.69) is 20.3 Å². The molecule has 1 aliphatic rings. The second-order valence-electron chi connectivity index (χ2n) is 9.06. The second kappa shape index (κ2) is 9.38. The minimum absolute atomic E-state index is 0.123. The van der Waals surface area contributed by atoms with Crippen molar-refractivity contribution in [1.82, 2.24) is 29.3 Å². The first-order valence-electron chi connectivity index (χ1n) is 11.6. The molecule has 0 spiro atoms. The molecule has 0 amide bonds. The molecule has 13 heteroatoms. The van der Waals surface area contributed by atoms with E-state index in [1.54, 1.807) is 4.68 Å². The van der Waals surface area contributed by atoms with Crippen LogP contribution in [0, 0.1) is 6.92 Å². The fourth-order valence-electron chi connectivity index (χ4n) is 4.38. The van der Waals surface area contributed by atoms with Crippen LogP contribution in [0.2, 0.25) is 0 Å². The highest BCUT2D eigenvalue weighted by Gasteiger charge is 2.33. The zero-order chi connectivity index (χ0) is 26.4. The van der Waals surface area contributed by atoms with E-state index >= 15 is 0 Å². The number of halogens is 3.